The summed E-state index contributed by atoms with van der Waals surface area (Å²) in [7, 11) is 3.94. The Kier molecular flexibility index (Phi) is 6.48. The molecule has 1 aromatic heterocycles. The molecule has 1 amide bonds. The normalized spacial score (nSPS) is 18.4. The van der Waals surface area contributed by atoms with Gasteiger partial charge in [-0.1, -0.05) is 12.1 Å². The van der Waals surface area contributed by atoms with Crippen LogP contribution < -0.4 is 15.5 Å². The van der Waals surface area contributed by atoms with Crippen LogP contribution in [0.4, 0.5) is 20.5 Å². The quantitative estimate of drug-likeness (QED) is 0.597. The number of amides is 1. The number of halogens is 2. The third-order valence-corrected chi connectivity index (χ3v) is 5.86. The minimum absolute atomic E-state index is 0.00278. The van der Waals surface area contributed by atoms with Gasteiger partial charge in [-0.3, -0.25) is 4.79 Å². The van der Waals surface area contributed by atoms with E-state index in [1.807, 2.05) is 43.3 Å². The summed E-state index contributed by atoms with van der Waals surface area (Å²) in [5.41, 5.74) is 0.905. The zero-order valence-electron chi connectivity index (χ0n) is 18.2. The number of aromatic nitrogens is 2. The molecule has 0 spiro atoms. The van der Waals surface area contributed by atoms with E-state index in [0.29, 0.717) is 18.4 Å². The Hall–Kier alpha value is -3.29. The zero-order valence-corrected chi connectivity index (χ0v) is 18.2. The van der Waals surface area contributed by atoms with Gasteiger partial charge in [0.05, 0.1) is 5.52 Å². The highest BCUT2D eigenvalue weighted by Crippen LogP contribution is 2.28. The van der Waals surface area contributed by atoms with Crippen molar-refractivity contribution in [2.45, 2.75) is 31.7 Å². The lowest BCUT2D eigenvalue weighted by atomic mass is 9.86. The van der Waals surface area contributed by atoms with Crippen molar-refractivity contribution in [3.63, 3.8) is 0 Å². The lowest BCUT2D eigenvalue weighted by Gasteiger charge is -2.29. The third-order valence-electron chi connectivity index (χ3n) is 5.86. The molecule has 4 rings (SSSR count). The second-order valence-electron chi connectivity index (χ2n) is 8.51. The molecule has 1 fully saturated rings. The SMILES string of the molecule is CN(C)c1nc(N[C@H]2CC[C@@H](CNC(=O)c3cc(F)cc(F)c3)CC2)nc2ccccc12. The van der Waals surface area contributed by atoms with Gasteiger partial charge < -0.3 is 15.5 Å². The molecular formula is C24H27F2N5O. The van der Waals surface area contributed by atoms with Crippen LogP contribution in [0.5, 0.6) is 0 Å². The fourth-order valence-corrected chi connectivity index (χ4v) is 4.18. The zero-order chi connectivity index (χ0) is 22.7. The highest BCUT2D eigenvalue weighted by atomic mass is 19.1. The Morgan fingerprint density at radius 3 is 2.41 bits per heavy atom. The van der Waals surface area contributed by atoms with Gasteiger partial charge in [-0.15, -0.1) is 0 Å². The van der Waals surface area contributed by atoms with E-state index in [9.17, 15) is 13.6 Å². The molecule has 0 radical (unpaired) electrons. The summed E-state index contributed by atoms with van der Waals surface area (Å²) in [5, 5.41) is 7.29. The van der Waals surface area contributed by atoms with Gasteiger partial charge in [0.1, 0.15) is 17.5 Å². The van der Waals surface area contributed by atoms with Crippen LogP contribution in [0.1, 0.15) is 36.0 Å². The minimum Gasteiger partial charge on any atom is -0.362 e. The van der Waals surface area contributed by atoms with Crippen LogP contribution in [0.2, 0.25) is 0 Å². The Labute approximate surface area is 186 Å². The molecule has 1 aliphatic rings. The van der Waals surface area contributed by atoms with Gasteiger partial charge >= 0.3 is 0 Å². The molecule has 32 heavy (non-hydrogen) atoms. The number of benzene rings is 2. The minimum atomic E-state index is -0.755. The molecule has 1 heterocycles. The van der Waals surface area contributed by atoms with E-state index in [0.717, 1.165) is 60.6 Å². The molecule has 1 saturated carbocycles. The van der Waals surface area contributed by atoms with Crippen molar-refractivity contribution in [1.29, 1.82) is 0 Å². The predicted molar refractivity (Wildman–Crippen MR) is 122 cm³/mol. The summed E-state index contributed by atoms with van der Waals surface area (Å²) < 4.78 is 26.6. The number of nitrogens with one attached hydrogen (secondary N) is 2. The maximum atomic E-state index is 13.3. The maximum absolute atomic E-state index is 13.3. The molecule has 6 nitrogen and oxygen atoms in total. The first kappa shape index (κ1) is 21.9. The molecule has 0 saturated heterocycles. The molecule has 0 unspecified atom stereocenters. The number of para-hydroxylation sites is 1. The number of fused-ring (bicyclic) bond motifs is 1. The van der Waals surface area contributed by atoms with Crippen molar-refractivity contribution in [1.82, 2.24) is 15.3 Å². The van der Waals surface area contributed by atoms with E-state index in [2.05, 4.69) is 15.6 Å². The van der Waals surface area contributed by atoms with E-state index in [-0.39, 0.29) is 11.6 Å². The Bertz CT molecular complexity index is 1090. The second kappa shape index (κ2) is 9.46. The second-order valence-corrected chi connectivity index (χ2v) is 8.51. The van der Waals surface area contributed by atoms with Gasteiger partial charge in [-0.05, 0) is 55.9 Å². The van der Waals surface area contributed by atoms with Crippen molar-refractivity contribution in [2.24, 2.45) is 5.92 Å². The van der Waals surface area contributed by atoms with Crippen LogP contribution in [0.3, 0.4) is 0 Å². The van der Waals surface area contributed by atoms with Gasteiger partial charge in [0.25, 0.3) is 5.91 Å². The topological polar surface area (TPSA) is 70.2 Å². The monoisotopic (exact) mass is 439 g/mol. The fourth-order valence-electron chi connectivity index (χ4n) is 4.18. The third kappa shape index (κ3) is 5.12. The molecule has 2 aromatic carbocycles. The molecule has 8 heteroatoms. The van der Waals surface area contributed by atoms with Crippen LogP contribution >= 0.6 is 0 Å². The Balaban J connectivity index is 1.32. The number of hydrogen-bond acceptors (Lipinski definition) is 5. The van der Waals surface area contributed by atoms with Gasteiger partial charge in [-0.2, -0.15) is 4.98 Å². The van der Waals surface area contributed by atoms with E-state index in [1.165, 1.54) is 0 Å². The number of carbonyl (C=O) groups is 1. The number of carbonyl (C=O) groups excluding carboxylic acids is 1. The Morgan fingerprint density at radius 2 is 1.72 bits per heavy atom. The van der Waals surface area contributed by atoms with Crippen molar-refractivity contribution in [3.05, 3.63) is 59.7 Å². The summed E-state index contributed by atoms with van der Waals surface area (Å²) in [5.74, 6) is -0.139. The van der Waals surface area contributed by atoms with Gasteiger partial charge in [-0.25, -0.2) is 13.8 Å². The van der Waals surface area contributed by atoms with Gasteiger partial charge in [0, 0.05) is 43.7 Å². The molecule has 1 aliphatic carbocycles. The molecule has 0 bridgehead atoms. The summed E-state index contributed by atoms with van der Waals surface area (Å²) >= 11 is 0. The van der Waals surface area contributed by atoms with Crippen LogP contribution in [0.25, 0.3) is 10.9 Å². The lowest BCUT2D eigenvalue weighted by molar-refractivity contribution is 0.0942. The van der Waals surface area contributed by atoms with Crippen LogP contribution in [-0.4, -0.2) is 42.6 Å². The number of hydrogen-bond donors (Lipinski definition) is 2. The number of rotatable bonds is 6. The molecule has 168 valence electrons. The Morgan fingerprint density at radius 1 is 1.03 bits per heavy atom. The molecule has 2 N–H and O–H groups in total. The average molecular weight is 440 g/mol. The first-order chi connectivity index (χ1) is 15.4. The highest BCUT2D eigenvalue weighted by molar-refractivity contribution is 5.94. The van der Waals surface area contributed by atoms with Gasteiger partial charge in [0.15, 0.2) is 0 Å². The van der Waals surface area contributed by atoms with E-state index >= 15 is 0 Å². The first-order valence-corrected chi connectivity index (χ1v) is 10.8. The highest BCUT2D eigenvalue weighted by Gasteiger charge is 2.23. The van der Waals surface area contributed by atoms with Crippen LogP contribution in [0.15, 0.2) is 42.5 Å². The number of anilines is 2. The predicted octanol–water partition coefficient (Wildman–Crippen LogP) is 4.37. The van der Waals surface area contributed by atoms with E-state index in [1.54, 1.807) is 0 Å². The molecule has 0 atom stereocenters. The molecule has 3 aromatic rings. The standard InChI is InChI=1S/C24H27F2N5O/c1-31(2)22-20-5-3-4-6-21(20)29-24(30-22)28-19-9-7-15(8-10-19)14-27-23(32)16-11-17(25)13-18(26)12-16/h3-6,11-13,15,19H,7-10,14H2,1-2H3,(H,27,32)(H,28,29,30)/t15-,19+. The van der Waals surface area contributed by atoms with Crippen molar-refractivity contribution in [3.8, 4) is 0 Å². The van der Waals surface area contributed by atoms with Crippen LogP contribution in [0, 0.1) is 17.6 Å². The van der Waals surface area contributed by atoms with Gasteiger partial charge in [0.2, 0.25) is 5.95 Å². The fraction of sp³-hybridized carbons (Fsp3) is 0.375. The van der Waals surface area contributed by atoms with E-state index < -0.39 is 17.5 Å². The largest absolute Gasteiger partial charge is 0.362 e. The summed E-state index contributed by atoms with van der Waals surface area (Å²) in [6, 6.07) is 11.1. The summed E-state index contributed by atoms with van der Waals surface area (Å²) in [4.78, 5) is 23.6. The summed E-state index contributed by atoms with van der Waals surface area (Å²) in [6.45, 7) is 0.487. The van der Waals surface area contributed by atoms with Crippen molar-refractivity contribution < 1.29 is 13.6 Å². The van der Waals surface area contributed by atoms with E-state index in [4.69, 9.17) is 4.98 Å². The van der Waals surface area contributed by atoms with Crippen LogP contribution in [-0.2, 0) is 0 Å². The molecule has 0 aliphatic heterocycles. The molecular weight excluding hydrogens is 412 g/mol. The summed E-state index contributed by atoms with van der Waals surface area (Å²) in [6.07, 6.45) is 3.73. The maximum Gasteiger partial charge on any atom is 0.251 e. The number of nitrogens with zero attached hydrogens (tertiary/aromatic N) is 3. The lowest BCUT2D eigenvalue weighted by Crippen LogP contribution is -2.34. The first-order valence-electron chi connectivity index (χ1n) is 10.8. The average Bonchev–Trinajstić information content (AvgIpc) is 2.77. The smallest absolute Gasteiger partial charge is 0.251 e. The van der Waals surface area contributed by atoms with Crippen molar-refractivity contribution in [2.75, 3.05) is 30.9 Å². The van der Waals surface area contributed by atoms with Crippen molar-refractivity contribution >= 4 is 28.6 Å².